The number of alkyl halides is 3. The first-order valence-electron chi connectivity index (χ1n) is 9.05. The zero-order valence-electron chi connectivity index (χ0n) is 15.9. The van der Waals surface area contributed by atoms with Crippen molar-refractivity contribution >= 4 is 43.1 Å². The van der Waals surface area contributed by atoms with Crippen LogP contribution in [-0.4, -0.2) is 15.7 Å². The summed E-state index contributed by atoms with van der Waals surface area (Å²) < 4.78 is 41.5. The summed E-state index contributed by atoms with van der Waals surface area (Å²) in [5, 5.41) is 8.00. The van der Waals surface area contributed by atoms with Gasteiger partial charge in [0, 0.05) is 15.8 Å². The number of amides is 1. The third-order valence-electron chi connectivity index (χ3n) is 4.81. The summed E-state index contributed by atoms with van der Waals surface area (Å²) in [6, 6.07) is 10.8. The number of thiophene rings is 1. The lowest BCUT2D eigenvalue weighted by Gasteiger charge is -2.16. The number of anilines is 1. The molecular weight excluding hydrogens is 415 g/mol. The van der Waals surface area contributed by atoms with Crippen molar-refractivity contribution < 1.29 is 18.0 Å². The number of benzene rings is 2. The molecule has 1 atom stereocenters. The lowest BCUT2D eigenvalue weighted by atomic mass is 10.1. The Bertz CT molecular complexity index is 1340. The number of nitrogens with zero attached hydrogens (tertiary/aromatic N) is 2. The third-order valence-corrected chi connectivity index (χ3v) is 6.09. The Balaban J connectivity index is 1.72. The smallest absolute Gasteiger partial charge is 0.324 e. The summed E-state index contributed by atoms with van der Waals surface area (Å²) in [6.07, 6.45) is -4.52. The van der Waals surface area contributed by atoms with Crippen LogP contribution in [0.2, 0.25) is 0 Å². The fourth-order valence-electron chi connectivity index (χ4n) is 3.27. The Morgan fingerprint density at radius 1 is 1.17 bits per heavy atom. The monoisotopic (exact) mass is 431 g/mol. The first kappa shape index (κ1) is 20.1. The lowest BCUT2D eigenvalue weighted by Crippen LogP contribution is -2.33. The van der Waals surface area contributed by atoms with Gasteiger partial charge in [-0.25, -0.2) is 4.68 Å². The number of hydrogen-bond donors (Lipinski definition) is 1. The Morgan fingerprint density at radius 2 is 1.90 bits per heavy atom. The van der Waals surface area contributed by atoms with Crippen LogP contribution in [0.15, 0.2) is 53.3 Å². The Hall–Kier alpha value is -3.20. The van der Waals surface area contributed by atoms with E-state index in [4.69, 9.17) is 0 Å². The van der Waals surface area contributed by atoms with Crippen molar-refractivity contribution in [2.24, 2.45) is 0 Å². The Labute approximate surface area is 172 Å². The predicted molar refractivity (Wildman–Crippen MR) is 111 cm³/mol. The highest BCUT2D eigenvalue weighted by Crippen LogP contribution is 2.33. The fourth-order valence-corrected chi connectivity index (χ4v) is 4.41. The van der Waals surface area contributed by atoms with Gasteiger partial charge in [0.25, 0.3) is 5.56 Å². The van der Waals surface area contributed by atoms with Crippen LogP contribution in [0.5, 0.6) is 0 Å². The average molecular weight is 431 g/mol. The number of fused-ring (bicyclic) bond motifs is 3. The highest BCUT2D eigenvalue weighted by molar-refractivity contribution is 7.26. The molecule has 0 aliphatic heterocycles. The van der Waals surface area contributed by atoms with Crippen LogP contribution in [0.4, 0.5) is 18.9 Å². The summed E-state index contributed by atoms with van der Waals surface area (Å²) in [7, 11) is 0. The molecule has 5 nitrogen and oxygen atoms in total. The summed E-state index contributed by atoms with van der Waals surface area (Å²) in [5.41, 5.74) is -0.692. The van der Waals surface area contributed by atoms with Crippen LogP contribution >= 0.6 is 11.3 Å². The van der Waals surface area contributed by atoms with Crippen molar-refractivity contribution in [1.29, 1.82) is 0 Å². The van der Waals surface area contributed by atoms with Gasteiger partial charge in [0.1, 0.15) is 6.04 Å². The van der Waals surface area contributed by atoms with Crippen LogP contribution in [0.1, 0.15) is 24.2 Å². The molecule has 0 saturated heterocycles. The first-order chi connectivity index (χ1) is 14.2. The number of hydrogen-bond acceptors (Lipinski definition) is 4. The topological polar surface area (TPSA) is 64.0 Å². The number of nitrogens with one attached hydrogen (secondary N) is 1. The van der Waals surface area contributed by atoms with Gasteiger partial charge in [0.2, 0.25) is 5.91 Å². The minimum Gasteiger partial charge on any atom is -0.324 e. The highest BCUT2D eigenvalue weighted by atomic mass is 32.1. The van der Waals surface area contributed by atoms with Crippen LogP contribution in [0.25, 0.3) is 20.2 Å². The van der Waals surface area contributed by atoms with Crippen molar-refractivity contribution in [3.8, 4) is 0 Å². The third kappa shape index (κ3) is 3.45. The number of halogens is 3. The number of carbonyl (C=O) groups excluding carboxylic acids is 1. The average Bonchev–Trinajstić information content (AvgIpc) is 3.10. The van der Waals surface area contributed by atoms with Gasteiger partial charge in [-0.2, -0.15) is 18.3 Å². The maximum Gasteiger partial charge on any atom is 0.416 e. The van der Waals surface area contributed by atoms with E-state index in [0.717, 1.165) is 31.6 Å². The zero-order valence-corrected chi connectivity index (χ0v) is 16.8. The maximum absolute atomic E-state index is 13.1. The van der Waals surface area contributed by atoms with E-state index < -0.39 is 29.2 Å². The van der Waals surface area contributed by atoms with E-state index in [1.165, 1.54) is 30.4 Å². The summed E-state index contributed by atoms with van der Waals surface area (Å²) in [6.45, 7) is 3.24. The van der Waals surface area contributed by atoms with Crippen LogP contribution in [0, 0.1) is 6.92 Å². The molecular formula is C21H16F3N3O2S. The standard InChI is InChI=1S/C21H16F3N3O2S/c1-11-18-17(15-8-3-4-9-16(15)30-18)20(29)27(26-11)12(2)19(28)25-14-7-5-6-13(10-14)21(22,23)24/h3-10,12H,1-2H3,(H,25,28)/t12-/m0/s1. The van der Waals surface area contributed by atoms with Crippen molar-refractivity contribution in [3.05, 3.63) is 70.1 Å². The molecule has 2 heterocycles. The van der Waals surface area contributed by atoms with Crippen LogP contribution < -0.4 is 10.9 Å². The number of aromatic nitrogens is 2. The van der Waals surface area contributed by atoms with Gasteiger partial charge in [-0.1, -0.05) is 24.3 Å². The summed E-state index contributed by atoms with van der Waals surface area (Å²) >= 11 is 1.45. The van der Waals surface area contributed by atoms with E-state index in [9.17, 15) is 22.8 Å². The van der Waals surface area contributed by atoms with Gasteiger partial charge >= 0.3 is 6.18 Å². The van der Waals surface area contributed by atoms with Crippen LogP contribution in [0.3, 0.4) is 0 Å². The Kier molecular flexibility index (Phi) is 4.85. The molecule has 1 amide bonds. The molecule has 1 N–H and O–H groups in total. The molecule has 2 aromatic heterocycles. The fraction of sp³-hybridized carbons (Fsp3) is 0.190. The van der Waals surface area contributed by atoms with Crippen molar-refractivity contribution in [2.75, 3.05) is 5.32 Å². The van der Waals surface area contributed by atoms with E-state index in [0.29, 0.717) is 11.1 Å². The Morgan fingerprint density at radius 3 is 2.63 bits per heavy atom. The van der Waals surface area contributed by atoms with E-state index in [1.54, 1.807) is 6.92 Å². The van der Waals surface area contributed by atoms with Gasteiger partial charge in [-0.15, -0.1) is 11.3 Å². The molecule has 0 saturated carbocycles. The molecule has 0 aliphatic rings. The second-order valence-electron chi connectivity index (χ2n) is 6.88. The molecule has 9 heteroatoms. The van der Waals surface area contributed by atoms with Crippen LogP contribution in [-0.2, 0) is 11.0 Å². The molecule has 2 aromatic carbocycles. The quantitative estimate of drug-likeness (QED) is 0.489. The largest absolute Gasteiger partial charge is 0.416 e. The van der Waals surface area contributed by atoms with Crippen molar-refractivity contribution in [2.45, 2.75) is 26.1 Å². The predicted octanol–water partition coefficient (Wildman–Crippen LogP) is 5.14. The van der Waals surface area contributed by atoms with Crippen molar-refractivity contribution in [1.82, 2.24) is 9.78 Å². The maximum atomic E-state index is 13.1. The second-order valence-corrected chi connectivity index (χ2v) is 7.93. The molecule has 4 rings (SSSR count). The molecule has 0 unspecified atom stereocenters. The minimum atomic E-state index is -4.52. The number of carbonyl (C=O) groups is 1. The van der Waals surface area contributed by atoms with Gasteiger partial charge in [0.15, 0.2) is 0 Å². The molecule has 30 heavy (non-hydrogen) atoms. The van der Waals surface area contributed by atoms with Gasteiger partial charge in [0.05, 0.1) is 21.3 Å². The molecule has 0 radical (unpaired) electrons. The second kappa shape index (κ2) is 7.24. The van der Waals surface area contributed by atoms with E-state index in [1.807, 2.05) is 24.3 Å². The van der Waals surface area contributed by atoms with E-state index in [-0.39, 0.29) is 5.69 Å². The summed E-state index contributed by atoms with van der Waals surface area (Å²) in [4.78, 5) is 25.8. The molecule has 0 aliphatic carbocycles. The number of aryl methyl sites for hydroxylation is 1. The van der Waals surface area contributed by atoms with Gasteiger partial charge in [-0.05, 0) is 38.1 Å². The van der Waals surface area contributed by atoms with E-state index in [2.05, 4.69) is 10.4 Å². The lowest BCUT2D eigenvalue weighted by molar-refractivity contribution is -0.137. The van der Waals surface area contributed by atoms with E-state index >= 15 is 0 Å². The van der Waals surface area contributed by atoms with Crippen molar-refractivity contribution in [3.63, 3.8) is 0 Å². The normalized spacial score (nSPS) is 13.0. The molecule has 154 valence electrons. The molecule has 0 fully saturated rings. The first-order valence-corrected chi connectivity index (χ1v) is 9.87. The van der Waals surface area contributed by atoms with Gasteiger partial charge < -0.3 is 5.32 Å². The molecule has 0 bridgehead atoms. The summed E-state index contributed by atoms with van der Waals surface area (Å²) in [5.74, 6) is -0.637. The zero-order chi connectivity index (χ0) is 21.6. The van der Waals surface area contributed by atoms with Gasteiger partial charge in [-0.3, -0.25) is 9.59 Å². The number of rotatable bonds is 3. The highest BCUT2D eigenvalue weighted by Gasteiger charge is 2.30. The molecule has 4 aromatic rings. The SMILES string of the molecule is Cc1nn([C@@H](C)C(=O)Nc2cccc(C(F)(F)F)c2)c(=O)c2c1sc1ccccc12. The molecule has 0 spiro atoms. The minimum absolute atomic E-state index is 0.00601.